The molecule has 2 aromatic carbocycles. The third-order valence-corrected chi connectivity index (χ3v) is 5.87. The highest BCUT2D eigenvalue weighted by atomic mass is 32.2. The summed E-state index contributed by atoms with van der Waals surface area (Å²) in [5.41, 5.74) is 0. The van der Waals surface area contributed by atoms with Crippen molar-refractivity contribution in [3.8, 4) is 23.0 Å². The number of thioether (sulfide) groups is 2. The Hall–Kier alpha value is -2.39. The Morgan fingerprint density at radius 2 is 1.50 bits per heavy atom. The molecule has 0 radical (unpaired) electrons. The van der Waals surface area contributed by atoms with E-state index in [-0.39, 0.29) is 11.5 Å². The van der Waals surface area contributed by atoms with Crippen LogP contribution in [0.4, 0.5) is 4.79 Å². The van der Waals surface area contributed by atoms with Crippen LogP contribution in [-0.4, -0.2) is 53.3 Å². The molecular weight excluding hydrogens is 404 g/mol. The Balaban J connectivity index is 1.91. The van der Waals surface area contributed by atoms with Gasteiger partial charge in [0.15, 0.2) is 23.0 Å². The van der Waals surface area contributed by atoms with Crippen LogP contribution in [0.3, 0.4) is 0 Å². The number of benzene rings is 2. The van der Waals surface area contributed by atoms with E-state index >= 15 is 0 Å². The minimum Gasteiger partial charge on any atom is -0.504 e. The molecule has 0 aromatic heterocycles. The Morgan fingerprint density at radius 1 is 0.964 bits per heavy atom. The predicted molar refractivity (Wildman–Crippen MR) is 108 cm³/mol. The smallest absolute Gasteiger partial charge is 0.504 e. The number of aromatic hydroxyl groups is 2. The number of phenols is 2. The van der Waals surface area contributed by atoms with Gasteiger partial charge in [0, 0.05) is 21.3 Å². The van der Waals surface area contributed by atoms with Crippen LogP contribution in [0.15, 0.2) is 46.2 Å². The molecule has 3 N–H and O–H groups in total. The monoisotopic (exact) mass is 426 g/mol. The molecular formula is C19H22O7S2. The summed E-state index contributed by atoms with van der Waals surface area (Å²) in [7, 11) is 2.95. The molecule has 0 aliphatic heterocycles. The standard InChI is InChI=1S/C19H22O7S2/c1-24-17-9-13(3-5-15(17)20)27-8-7-12(26-19(22)23)11-28-14-4-6-16(21)18(10-14)25-2/h3-6,9-10,12,20-21H,7-8,11H2,1-2H3,(H,22,23). The zero-order valence-electron chi connectivity index (χ0n) is 15.5. The van der Waals surface area contributed by atoms with Crippen molar-refractivity contribution < 1.29 is 34.3 Å². The Kier molecular flexibility index (Phi) is 8.46. The molecule has 0 aliphatic carbocycles. The number of methoxy groups -OCH3 is 2. The van der Waals surface area contributed by atoms with Gasteiger partial charge in [-0.2, -0.15) is 0 Å². The van der Waals surface area contributed by atoms with E-state index in [1.165, 1.54) is 43.8 Å². The highest BCUT2D eigenvalue weighted by Crippen LogP contribution is 2.33. The number of phenolic OH excluding ortho intramolecular Hbond substituents is 2. The lowest BCUT2D eigenvalue weighted by Gasteiger charge is -2.16. The van der Waals surface area contributed by atoms with Crippen molar-refractivity contribution in [2.75, 3.05) is 25.7 Å². The second-order valence-corrected chi connectivity index (χ2v) is 7.88. The topological polar surface area (TPSA) is 105 Å². The van der Waals surface area contributed by atoms with Gasteiger partial charge in [0.1, 0.15) is 6.10 Å². The van der Waals surface area contributed by atoms with Gasteiger partial charge in [-0.25, -0.2) is 4.79 Å². The van der Waals surface area contributed by atoms with Gasteiger partial charge in [-0.05, 0) is 42.8 Å². The summed E-state index contributed by atoms with van der Waals surface area (Å²) in [6.07, 6.45) is -1.29. The van der Waals surface area contributed by atoms with Gasteiger partial charge in [-0.3, -0.25) is 0 Å². The fourth-order valence-corrected chi connectivity index (χ4v) is 4.25. The molecule has 0 spiro atoms. The van der Waals surface area contributed by atoms with Gasteiger partial charge in [0.2, 0.25) is 0 Å². The molecule has 0 fully saturated rings. The van der Waals surface area contributed by atoms with Crippen molar-refractivity contribution in [3.05, 3.63) is 36.4 Å². The number of hydrogen-bond acceptors (Lipinski definition) is 8. The first kappa shape index (κ1) is 21.9. The maximum Gasteiger partial charge on any atom is 0.506 e. The van der Waals surface area contributed by atoms with Crippen LogP contribution >= 0.6 is 23.5 Å². The lowest BCUT2D eigenvalue weighted by Crippen LogP contribution is -2.20. The number of carboxylic acid groups (broad SMARTS) is 1. The van der Waals surface area contributed by atoms with Gasteiger partial charge >= 0.3 is 6.16 Å². The van der Waals surface area contributed by atoms with Gasteiger partial charge < -0.3 is 29.5 Å². The van der Waals surface area contributed by atoms with E-state index < -0.39 is 12.3 Å². The molecule has 1 atom stereocenters. The maximum atomic E-state index is 11.0. The van der Waals surface area contributed by atoms with E-state index in [0.717, 1.165) is 9.79 Å². The van der Waals surface area contributed by atoms with E-state index in [2.05, 4.69) is 0 Å². The highest BCUT2D eigenvalue weighted by Gasteiger charge is 2.15. The molecule has 0 aliphatic rings. The van der Waals surface area contributed by atoms with Crippen LogP contribution < -0.4 is 9.47 Å². The number of ether oxygens (including phenoxy) is 3. The Bertz CT molecular complexity index is 798. The van der Waals surface area contributed by atoms with E-state index in [1.807, 2.05) is 0 Å². The molecule has 2 aromatic rings. The van der Waals surface area contributed by atoms with Gasteiger partial charge in [0.25, 0.3) is 0 Å². The summed E-state index contributed by atoms with van der Waals surface area (Å²) in [5, 5.41) is 28.3. The first-order valence-electron chi connectivity index (χ1n) is 8.32. The van der Waals surface area contributed by atoms with E-state index in [4.69, 9.17) is 19.3 Å². The molecule has 0 bridgehead atoms. The maximum absolute atomic E-state index is 11.0. The van der Waals surface area contributed by atoms with Crippen LogP contribution in [-0.2, 0) is 4.74 Å². The second kappa shape index (κ2) is 10.8. The van der Waals surface area contributed by atoms with Gasteiger partial charge in [0.05, 0.1) is 14.2 Å². The summed E-state index contributed by atoms with van der Waals surface area (Å²) in [6, 6.07) is 10.0. The lowest BCUT2D eigenvalue weighted by molar-refractivity contribution is 0.0599. The molecule has 9 heteroatoms. The van der Waals surface area contributed by atoms with Crippen molar-refractivity contribution in [1.82, 2.24) is 0 Å². The predicted octanol–water partition coefficient (Wildman–Crippen LogP) is 4.45. The van der Waals surface area contributed by atoms with E-state index in [1.54, 1.807) is 30.3 Å². The van der Waals surface area contributed by atoms with E-state index in [0.29, 0.717) is 29.4 Å². The van der Waals surface area contributed by atoms with Crippen molar-refractivity contribution in [2.45, 2.75) is 22.3 Å². The van der Waals surface area contributed by atoms with Crippen LogP contribution in [0, 0.1) is 0 Å². The number of rotatable bonds is 10. The Labute approximate surface area is 171 Å². The van der Waals surface area contributed by atoms with Gasteiger partial charge in [-0.15, -0.1) is 23.5 Å². The molecule has 2 rings (SSSR count). The second-order valence-electron chi connectivity index (χ2n) is 5.62. The zero-order chi connectivity index (χ0) is 20.5. The largest absolute Gasteiger partial charge is 0.506 e. The molecule has 1 unspecified atom stereocenters. The van der Waals surface area contributed by atoms with Crippen molar-refractivity contribution in [2.24, 2.45) is 0 Å². The third-order valence-electron chi connectivity index (χ3n) is 3.71. The quantitative estimate of drug-likeness (QED) is 0.375. The van der Waals surface area contributed by atoms with Crippen LogP contribution in [0.25, 0.3) is 0 Å². The molecule has 0 heterocycles. The summed E-state index contributed by atoms with van der Waals surface area (Å²) in [5.74, 6) is 1.92. The third kappa shape index (κ3) is 6.65. The average molecular weight is 427 g/mol. The zero-order valence-corrected chi connectivity index (χ0v) is 17.1. The lowest BCUT2D eigenvalue weighted by atomic mass is 10.3. The fraction of sp³-hybridized carbons (Fsp3) is 0.316. The van der Waals surface area contributed by atoms with Crippen molar-refractivity contribution in [1.29, 1.82) is 0 Å². The highest BCUT2D eigenvalue weighted by molar-refractivity contribution is 7.99. The first-order valence-corrected chi connectivity index (χ1v) is 10.3. The minimum atomic E-state index is -1.31. The SMILES string of the molecule is COc1cc(SCCC(CSc2ccc(O)c(OC)c2)OC(=O)O)ccc1O. The molecule has 0 saturated heterocycles. The molecule has 152 valence electrons. The van der Waals surface area contributed by atoms with Crippen LogP contribution in [0.2, 0.25) is 0 Å². The number of carbonyl (C=O) groups is 1. The van der Waals surface area contributed by atoms with Crippen molar-refractivity contribution in [3.63, 3.8) is 0 Å². The summed E-state index contributed by atoms with van der Waals surface area (Å²) in [4.78, 5) is 12.7. The molecule has 0 amide bonds. The molecule has 28 heavy (non-hydrogen) atoms. The van der Waals surface area contributed by atoms with E-state index in [9.17, 15) is 15.0 Å². The summed E-state index contributed by atoms with van der Waals surface area (Å²) in [6.45, 7) is 0. The average Bonchev–Trinajstić information content (AvgIpc) is 2.67. The molecule has 7 nitrogen and oxygen atoms in total. The Morgan fingerprint density at radius 3 is 2.00 bits per heavy atom. The van der Waals surface area contributed by atoms with Crippen molar-refractivity contribution >= 4 is 29.7 Å². The van der Waals surface area contributed by atoms with Crippen LogP contribution in [0.5, 0.6) is 23.0 Å². The van der Waals surface area contributed by atoms with Gasteiger partial charge in [-0.1, -0.05) is 0 Å². The normalized spacial score (nSPS) is 11.6. The summed E-state index contributed by atoms with van der Waals surface area (Å²) >= 11 is 2.94. The first-order chi connectivity index (χ1) is 13.4. The van der Waals surface area contributed by atoms with Crippen LogP contribution in [0.1, 0.15) is 6.42 Å². The fourth-order valence-electron chi connectivity index (χ4n) is 2.31. The molecule has 0 saturated carbocycles. The number of hydrogen-bond donors (Lipinski definition) is 3. The summed E-state index contributed by atoms with van der Waals surface area (Å²) < 4.78 is 15.2. The minimum absolute atomic E-state index is 0.0471.